The molecule has 2 heteroatoms. The molecule has 2 atom stereocenters. The summed E-state index contributed by atoms with van der Waals surface area (Å²) in [7, 11) is 0. The number of benzene rings is 1. The van der Waals surface area contributed by atoms with Crippen molar-refractivity contribution in [1.29, 1.82) is 0 Å². The maximum Gasteiger partial charge on any atom is 0.119 e. The molecule has 2 unspecified atom stereocenters. The van der Waals surface area contributed by atoms with Crippen molar-refractivity contribution in [2.24, 2.45) is 5.92 Å². The summed E-state index contributed by atoms with van der Waals surface area (Å²) in [5.74, 6) is 2.45. The summed E-state index contributed by atoms with van der Waals surface area (Å²) < 4.78 is 5.55. The summed E-state index contributed by atoms with van der Waals surface area (Å²) in [5.41, 5.74) is 1.69. The summed E-state index contributed by atoms with van der Waals surface area (Å²) in [6.07, 6.45) is 5.42. The van der Waals surface area contributed by atoms with E-state index in [0.717, 1.165) is 24.8 Å². The van der Waals surface area contributed by atoms with Crippen molar-refractivity contribution < 1.29 is 4.74 Å². The van der Waals surface area contributed by atoms with Gasteiger partial charge in [0.25, 0.3) is 0 Å². The molecule has 1 fully saturated rings. The third-order valence-electron chi connectivity index (χ3n) is 4.42. The average Bonchev–Trinajstić information content (AvgIpc) is 2.46. The van der Waals surface area contributed by atoms with Crippen molar-refractivity contribution in [2.75, 3.05) is 13.2 Å². The highest BCUT2D eigenvalue weighted by Crippen LogP contribution is 2.38. The Morgan fingerprint density at radius 1 is 1.10 bits per heavy atom. The summed E-state index contributed by atoms with van der Waals surface area (Å²) in [6, 6.07) is 8.79. The molecule has 0 radical (unpaired) electrons. The third kappa shape index (κ3) is 5.03. The van der Waals surface area contributed by atoms with Crippen LogP contribution in [0.5, 0.6) is 5.75 Å². The van der Waals surface area contributed by atoms with Crippen LogP contribution in [-0.4, -0.2) is 18.7 Å². The van der Waals surface area contributed by atoms with Gasteiger partial charge in [0, 0.05) is 5.54 Å². The molecule has 2 nitrogen and oxygen atoms in total. The minimum Gasteiger partial charge on any atom is -0.494 e. The van der Waals surface area contributed by atoms with Gasteiger partial charge in [0.1, 0.15) is 5.75 Å². The second-order valence-corrected chi connectivity index (χ2v) is 7.28. The molecule has 0 spiro atoms. The summed E-state index contributed by atoms with van der Waals surface area (Å²) >= 11 is 0. The van der Waals surface area contributed by atoms with E-state index in [9.17, 15) is 0 Å². The first-order valence-electron chi connectivity index (χ1n) is 8.47. The minimum absolute atomic E-state index is 0.209. The van der Waals surface area contributed by atoms with Crippen LogP contribution in [0.3, 0.4) is 0 Å². The van der Waals surface area contributed by atoms with Crippen molar-refractivity contribution in [3.05, 3.63) is 29.8 Å². The quantitative estimate of drug-likeness (QED) is 0.844. The molecular weight excluding hydrogens is 258 g/mol. The Morgan fingerprint density at radius 2 is 1.76 bits per heavy atom. The van der Waals surface area contributed by atoms with Gasteiger partial charge >= 0.3 is 0 Å². The Bertz CT molecular complexity index is 418. The molecule has 0 heterocycles. The Balaban J connectivity index is 2.03. The van der Waals surface area contributed by atoms with Crippen molar-refractivity contribution in [3.63, 3.8) is 0 Å². The van der Waals surface area contributed by atoms with E-state index in [2.05, 4.69) is 50.4 Å². The van der Waals surface area contributed by atoms with Crippen LogP contribution < -0.4 is 10.1 Å². The maximum atomic E-state index is 5.55. The molecule has 0 aromatic heterocycles. The van der Waals surface area contributed by atoms with Crippen LogP contribution in [0, 0.1) is 5.92 Å². The lowest BCUT2D eigenvalue weighted by Crippen LogP contribution is -2.41. The highest BCUT2D eigenvalue weighted by atomic mass is 16.5. The van der Waals surface area contributed by atoms with Gasteiger partial charge in [-0.25, -0.2) is 0 Å². The fourth-order valence-electron chi connectivity index (χ4n) is 3.31. The Hall–Kier alpha value is -1.02. The minimum atomic E-state index is 0.209. The SMILES string of the molecule is CCOc1ccc(C2CCCCC2CNC(C)(C)C)cc1. The van der Waals surface area contributed by atoms with E-state index in [1.807, 2.05) is 6.92 Å². The zero-order valence-electron chi connectivity index (χ0n) is 14.1. The smallest absolute Gasteiger partial charge is 0.119 e. The van der Waals surface area contributed by atoms with E-state index in [0.29, 0.717) is 5.92 Å². The topological polar surface area (TPSA) is 21.3 Å². The van der Waals surface area contributed by atoms with Crippen LogP contribution in [0.25, 0.3) is 0 Å². The van der Waals surface area contributed by atoms with Gasteiger partial charge in [-0.3, -0.25) is 0 Å². The van der Waals surface area contributed by atoms with Crippen LogP contribution in [0.1, 0.15) is 64.9 Å². The number of rotatable bonds is 5. The fourth-order valence-corrected chi connectivity index (χ4v) is 3.31. The second-order valence-electron chi connectivity index (χ2n) is 7.28. The Labute approximate surface area is 130 Å². The zero-order valence-corrected chi connectivity index (χ0v) is 14.1. The monoisotopic (exact) mass is 289 g/mol. The third-order valence-corrected chi connectivity index (χ3v) is 4.42. The molecule has 118 valence electrons. The van der Waals surface area contributed by atoms with E-state index >= 15 is 0 Å². The summed E-state index contributed by atoms with van der Waals surface area (Å²) in [5, 5.41) is 3.70. The van der Waals surface area contributed by atoms with Crippen LogP contribution in [0.2, 0.25) is 0 Å². The van der Waals surface area contributed by atoms with E-state index in [4.69, 9.17) is 4.74 Å². The van der Waals surface area contributed by atoms with E-state index in [-0.39, 0.29) is 5.54 Å². The van der Waals surface area contributed by atoms with Gasteiger partial charge < -0.3 is 10.1 Å². The predicted molar refractivity (Wildman–Crippen MR) is 90.1 cm³/mol. The molecule has 1 aliphatic carbocycles. The first-order chi connectivity index (χ1) is 9.99. The molecule has 1 aromatic carbocycles. The number of hydrogen-bond donors (Lipinski definition) is 1. The summed E-state index contributed by atoms with van der Waals surface area (Å²) in [6.45, 7) is 10.6. The molecule has 0 amide bonds. The number of ether oxygens (including phenoxy) is 1. The average molecular weight is 289 g/mol. The van der Waals surface area contributed by atoms with Gasteiger partial charge in [-0.15, -0.1) is 0 Å². The molecule has 21 heavy (non-hydrogen) atoms. The van der Waals surface area contributed by atoms with Crippen molar-refractivity contribution >= 4 is 0 Å². The largest absolute Gasteiger partial charge is 0.494 e. The summed E-state index contributed by atoms with van der Waals surface area (Å²) in [4.78, 5) is 0. The molecule has 1 aliphatic rings. The highest BCUT2D eigenvalue weighted by Gasteiger charge is 2.27. The molecule has 1 saturated carbocycles. The number of hydrogen-bond acceptors (Lipinski definition) is 2. The number of nitrogens with one attached hydrogen (secondary N) is 1. The Morgan fingerprint density at radius 3 is 2.38 bits per heavy atom. The normalized spacial score (nSPS) is 23.0. The van der Waals surface area contributed by atoms with Crippen molar-refractivity contribution in [3.8, 4) is 5.75 Å². The van der Waals surface area contributed by atoms with E-state index in [1.165, 1.54) is 31.2 Å². The zero-order chi connectivity index (χ0) is 15.3. The lowest BCUT2D eigenvalue weighted by molar-refractivity contribution is 0.269. The van der Waals surface area contributed by atoms with E-state index in [1.54, 1.807) is 0 Å². The van der Waals surface area contributed by atoms with Crippen molar-refractivity contribution in [2.45, 2.75) is 64.8 Å². The molecule has 0 aliphatic heterocycles. The van der Waals surface area contributed by atoms with Crippen molar-refractivity contribution in [1.82, 2.24) is 5.32 Å². The fraction of sp³-hybridized carbons (Fsp3) is 0.684. The molecule has 0 bridgehead atoms. The van der Waals surface area contributed by atoms with Gasteiger partial charge in [0.15, 0.2) is 0 Å². The maximum absolute atomic E-state index is 5.55. The van der Waals surface area contributed by atoms with Gasteiger partial charge in [-0.05, 0) is 76.6 Å². The first-order valence-corrected chi connectivity index (χ1v) is 8.47. The Kier molecular flexibility index (Phi) is 5.69. The van der Waals surface area contributed by atoms with E-state index < -0.39 is 0 Å². The standard InChI is InChI=1S/C19H31NO/c1-5-21-17-12-10-15(11-13-17)18-9-7-6-8-16(18)14-20-19(2,3)4/h10-13,16,18,20H,5-9,14H2,1-4H3. The van der Waals surface area contributed by atoms with Crippen LogP contribution in [-0.2, 0) is 0 Å². The van der Waals surface area contributed by atoms with Gasteiger partial charge in [-0.1, -0.05) is 25.0 Å². The highest BCUT2D eigenvalue weighted by molar-refractivity contribution is 5.30. The predicted octanol–water partition coefficient (Wildman–Crippen LogP) is 4.75. The van der Waals surface area contributed by atoms with Gasteiger partial charge in [0.05, 0.1) is 6.61 Å². The second kappa shape index (κ2) is 7.31. The van der Waals surface area contributed by atoms with Crippen LogP contribution in [0.15, 0.2) is 24.3 Å². The molecule has 1 aromatic rings. The molecule has 2 rings (SSSR count). The molecule has 0 saturated heterocycles. The van der Waals surface area contributed by atoms with Crippen LogP contribution in [0.4, 0.5) is 0 Å². The molecular formula is C19H31NO. The first kappa shape index (κ1) is 16.4. The van der Waals surface area contributed by atoms with Gasteiger partial charge in [-0.2, -0.15) is 0 Å². The van der Waals surface area contributed by atoms with Gasteiger partial charge in [0.2, 0.25) is 0 Å². The lowest BCUT2D eigenvalue weighted by Gasteiger charge is -2.34. The lowest BCUT2D eigenvalue weighted by atomic mass is 9.75. The van der Waals surface area contributed by atoms with Crippen LogP contribution >= 0.6 is 0 Å². The molecule has 1 N–H and O–H groups in total.